The van der Waals surface area contributed by atoms with Crippen LogP contribution in [0.1, 0.15) is 18.4 Å². The van der Waals surface area contributed by atoms with Gasteiger partial charge in [0.2, 0.25) is 0 Å². The highest BCUT2D eigenvalue weighted by molar-refractivity contribution is 6.33. The second kappa shape index (κ2) is 7.36. The first-order valence-electron chi connectivity index (χ1n) is 7.68. The molecule has 22 heavy (non-hydrogen) atoms. The Bertz CT molecular complexity index is 622. The lowest BCUT2D eigenvalue weighted by Crippen LogP contribution is -2.38. The SMILES string of the molecule is Clc1cccc(CN2CCC(Nc3ccccc3Cl)CC2)c1. The van der Waals surface area contributed by atoms with Gasteiger partial charge < -0.3 is 5.32 Å². The molecule has 0 bridgehead atoms. The summed E-state index contributed by atoms with van der Waals surface area (Å²) in [5, 5.41) is 5.17. The largest absolute Gasteiger partial charge is 0.381 e. The molecule has 0 unspecified atom stereocenters. The minimum absolute atomic E-state index is 0.496. The summed E-state index contributed by atoms with van der Waals surface area (Å²) in [6, 6.07) is 16.6. The first-order valence-corrected chi connectivity index (χ1v) is 8.44. The van der Waals surface area contributed by atoms with E-state index in [1.54, 1.807) is 0 Å². The minimum atomic E-state index is 0.496. The zero-order chi connectivity index (χ0) is 15.4. The van der Waals surface area contributed by atoms with E-state index < -0.39 is 0 Å². The van der Waals surface area contributed by atoms with Crippen LogP contribution in [0.5, 0.6) is 0 Å². The van der Waals surface area contributed by atoms with Gasteiger partial charge in [-0.15, -0.1) is 0 Å². The van der Waals surface area contributed by atoms with Gasteiger partial charge >= 0.3 is 0 Å². The molecule has 0 spiro atoms. The van der Waals surface area contributed by atoms with Crippen molar-refractivity contribution in [2.45, 2.75) is 25.4 Å². The van der Waals surface area contributed by atoms with E-state index in [9.17, 15) is 0 Å². The van der Waals surface area contributed by atoms with E-state index in [4.69, 9.17) is 23.2 Å². The molecule has 0 saturated carbocycles. The van der Waals surface area contributed by atoms with E-state index in [2.05, 4.69) is 22.3 Å². The molecule has 0 radical (unpaired) electrons. The molecule has 0 aromatic heterocycles. The summed E-state index contributed by atoms with van der Waals surface area (Å²) in [6.07, 6.45) is 2.26. The standard InChI is InChI=1S/C18H20Cl2N2/c19-15-5-3-4-14(12-15)13-22-10-8-16(9-11-22)21-18-7-2-1-6-17(18)20/h1-7,12,16,21H,8-11,13H2. The van der Waals surface area contributed by atoms with Gasteiger partial charge in [-0.1, -0.05) is 47.5 Å². The summed E-state index contributed by atoms with van der Waals surface area (Å²) in [7, 11) is 0. The highest BCUT2D eigenvalue weighted by atomic mass is 35.5. The third-order valence-electron chi connectivity index (χ3n) is 4.12. The van der Waals surface area contributed by atoms with E-state index >= 15 is 0 Å². The molecule has 2 nitrogen and oxygen atoms in total. The highest BCUT2D eigenvalue weighted by Crippen LogP contribution is 2.24. The van der Waals surface area contributed by atoms with Gasteiger partial charge in [0.1, 0.15) is 0 Å². The second-order valence-corrected chi connectivity index (χ2v) is 6.65. The van der Waals surface area contributed by atoms with Crippen LogP contribution < -0.4 is 5.32 Å². The van der Waals surface area contributed by atoms with Crippen molar-refractivity contribution in [3.05, 3.63) is 64.1 Å². The van der Waals surface area contributed by atoms with E-state index in [1.165, 1.54) is 5.56 Å². The molecule has 4 heteroatoms. The number of rotatable bonds is 4. The summed E-state index contributed by atoms with van der Waals surface area (Å²) >= 11 is 12.3. The zero-order valence-corrected chi connectivity index (χ0v) is 13.9. The van der Waals surface area contributed by atoms with Crippen molar-refractivity contribution >= 4 is 28.9 Å². The van der Waals surface area contributed by atoms with Crippen molar-refractivity contribution in [3.63, 3.8) is 0 Å². The Morgan fingerprint density at radius 2 is 1.77 bits per heavy atom. The smallest absolute Gasteiger partial charge is 0.0637 e. The fourth-order valence-corrected chi connectivity index (χ4v) is 3.33. The molecule has 0 amide bonds. The van der Waals surface area contributed by atoms with Crippen LogP contribution in [0.25, 0.3) is 0 Å². The number of benzene rings is 2. The molecule has 2 aromatic carbocycles. The monoisotopic (exact) mass is 334 g/mol. The summed E-state index contributed by atoms with van der Waals surface area (Å²) < 4.78 is 0. The molecule has 0 atom stereocenters. The van der Waals surface area contributed by atoms with Gasteiger partial charge in [0.05, 0.1) is 10.7 Å². The maximum Gasteiger partial charge on any atom is 0.0637 e. The predicted octanol–water partition coefficient (Wildman–Crippen LogP) is 5.07. The number of piperidine rings is 1. The van der Waals surface area contributed by atoms with E-state index in [0.717, 1.165) is 48.2 Å². The van der Waals surface area contributed by atoms with Crippen LogP contribution in [0.2, 0.25) is 10.0 Å². The number of nitrogens with one attached hydrogen (secondary N) is 1. The zero-order valence-electron chi connectivity index (χ0n) is 12.4. The average Bonchev–Trinajstić information content (AvgIpc) is 2.52. The van der Waals surface area contributed by atoms with Crippen molar-refractivity contribution in [3.8, 4) is 0 Å². The van der Waals surface area contributed by atoms with Gasteiger partial charge in [-0.2, -0.15) is 0 Å². The van der Waals surface area contributed by atoms with E-state index in [0.29, 0.717) is 6.04 Å². The third kappa shape index (κ3) is 4.16. The molecule has 1 N–H and O–H groups in total. The molecule has 1 aliphatic rings. The number of anilines is 1. The number of para-hydroxylation sites is 1. The van der Waals surface area contributed by atoms with Crippen molar-refractivity contribution in [2.75, 3.05) is 18.4 Å². The minimum Gasteiger partial charge on any atom is -0.381 e. The summed E-state index contributed by atoms with van der Waals surface area (Å²) in [5.74, 6) is 0. The number of hydrogen-bond donors (Lipinski definition) is 1. The Morgan fingerprint density at radius 1 is 1.00 bits per heavy atom. The summed E-state index contributed by atoms with van der Waals surface area (Å²) in [4.78, 5) is 2.48. The highest BCUT2D eigenvalue weighted by Gasteiger charge is 2.19. The van der Waals surface area contributed by atoms with Gasteiger partial charge in [0.25, 0.3) is 0 Å². The van der Waals surface area contributed by atoms with Crippen LogP contribution in [-0.4, -0.2) is 24.0 Å². The first-order chi connectivity index (χ1) is 10.7. The first kappa shape index (κ1) is 15.7. The number of hydrogen-bond acceptors (Lipinski definition) is 2. The number of nitrogens with zero attached hydrogens (tertiary/aromatic N) is 1. The molecular formula is C18H20Cl2N2. The molecule has 1 fully saturated rings. The Kier molecular flexibility index (Phi) is 5.24. The lowest BCUT2D eigenvalue weighted by atomic mass is 10.0. The van der Waals surface area contributed by atoms with Gasteiger partial charge in [-0.05, 0) is 42.7 Å². The maximum atomic E-state index is 6.21. The van der Waals surface area contributed by atoms with Crippen molar-refractivity contribution in [1.29, 1.82) is 0 Å². The maximum absolute atomic E-state index is 6.21. The molecule has 1 aliphatic heterocycles. The van der Waals surface area contributed by atoms with Gasteiger partial charge in [0, 0.05) is 30.7 Å². The molecule has 0 aliphatic carbocycles. The fraction of sp³-hybridized carbons (Fsp3) is 0.333. The van der Waals surface area contributed by atoms with Gasteiger partial charge in [-0.3, -0.25) is 4.90 Å². The normalized spacial score (nSPS) is 16.6. The van der Waals surface area contributed by atoms with Crippen LogP contribution >= 0.6 is 23.2 Å². The quantitative estimate of drug-likeness (QED) is 0.839. The van der Waals surface area contributed by atoms with Crippen LogP contribution in [0, 0.1) is 0 Å². The number of halogens is 2. The lowest BCUT2D eigenvalue weighted by Gasteiger charge is -2.33. The summed E-state index contributed by atoms with van der Waals surface area (Å²) in [6.45, 7) is 3.16. The molecule has 1 saturated heterocycles. The lowest BCUT2D eigenvalue weighted by molar-refractivity contribution is 0.211. The third-order valence-corrected chi connectivity index (χ3v) is 4.68. The van der Waals surface area contributed by atoms with Crippen LogP contribution in [0.3, 0.4) is 0 Å². The van der Waals surface area contributed by atoms with Gasteiger partial charge in [0.15, 0.2) is 0 Å². The van der Waals surface area contributed by atoms with Crippen LogP contribution in [-0.2, 0) is 6.54 Å². The molecule has 116 valence electrons. The second-order valence-electron chi connectivity index (χ2n) is 5.80. The van der Waals surface area contributed by atoms with Crippen LogP contribution in [0.4, 0.5) is 5.69 Å². The molecular weight excluding hydrogens is 315 g/mol. The predicted molar refractivity (Wildman–Crippen MR) is 94.8 cm³/mol. The Hall–Kier alpha value is -1.22. The van der Waals surface area contributed by atoms with Crippen molar-refractivity contribution in [1.82, 2.24) is 4.90 Å². The molecule has 3 rings (SSSR count). The Balaban J connectivity index is 1.51. The molecule has 1 heterocycles. The fourth-order valence-electron chi connectivity index (χ4n) is 2.93. The molecule has 2 aromatic rings. The Morgan fingerprint density at radius 3 is 2.50 bits per heavy atom. The van der Waals surface area contributed by atoms with Gasteiger partial charge in [-0.25, -0.2) is 0 Å². The topological polar surface area (TPSA) is 15.3 Å². The van der Waals surface area contributed by atoms with Crippen molar-refractivity contribution < 1.29 is 0 Å². The van der Waals surface area contributed by atoms with Crippen molar-refractivity contribution in [2.24, 2.45) is 0 Å². The summed E-state index contributed by atoms with van der Waals surface area (Å²) in [5.41, 5.74) is 2.32. The number of likely N-dealkylation sites (tertiary alicyclic amines) is 1. The van der Waals surface area contributed by atoms with E-state index in [1.807, 2.05) is 36.4 Å². The average molecular weight is 335 g/mol. The van der Waals surface area contributed by atoms with E-state index in [-0.39, 0.29) is 0 Å². The Labute approximate surface area is 142 Å². The van der Waals surface area contributed by atoms with Crippen LogP contribution in [0.15, 0.2) is 48.5 Å².